The molecule has 1 saturated carbocycles. The van der Waals surface area contributed by atoms with Crippen molar-refractivity contribution in [3.63, 3.8) is 0 Å². The minimum absolute atomic E-state index is 0.0622. The Morgan fingerprint density at radius 2 is 2.04 bits per heavy atom. The van der Waals surface area contributed by atoms with E-state index in [0.29, 0.717) is 0 Å². The highest BCUT2D eigenvalue weighted by Gasteiger charge is 2.42. The van der Waals surface area contributed by atoms with Gasteiger partial charge in [-0.3, -0.25) is 4.90 Å². The highest BCUT2D eigenvalue weighted by molar-refractivity contribution is 8.00. The zero-order chi connectivity index (χ0) is 16.4. The van der Waals surface area contributed by atoms with Crippen molar-refractivity contribution in [3.8, 4) is 0 Å². The lowest BCUT2D eigenvalue weighted by Crippen LogP contribution is -2.44. The number of hydrogen-bond acceptors (Lipinski definition) is 6. The number of likely N-dealkylation sites (N-methyl/N-ethyl adjacent to an activating group) is 1. The minimum Gasteiger partial charge on any atom is -0.338 e. The van der Waals surface area contributed by atoms with Crippen LogP contribution in [0, 0.1) is 0 Å². The molecule has 0 radical (unpaired) electrons. The average Bonchev–Trinajstić information content (AvgIpc) is 3.26. The van der Waals surface area contributed by atoms with Crippen LogP contribution < -0.4 is 5.32 Å². The first-order valence-corrected chi connectivity index (χ1v) is 9.58. The molecule has 0 amide bonds. The third kappa shape index (κ3) is 3.10. The first kappa shape index (κ1) is 16.1. The molecule has 2 aliphatic rings. The molecule has 1 atom stereocenters. The topological polar surface area (TPSA) is 54.2 Å². The molecule has 1 unspecified atom stereocenters. The van der Waals surface area contributed by atoms with Gasteiger partial charge in [0.25, 0.3) is 0 Å². The number of piperazine rings is 1. The van der Waals surface area contributed by atoms with E-state index in [1.165, 1.54) is 17.7 Å². The number of nitrogens with zero attached hydrogens (tertiary/aromatic N) is 3. The maximum absolute atomic E-state index is 5.79. The van der Waals surface area contributed by atoms with Gasteiger partial charge in [-0.05, 0) is 32.0 Å². The summed E-state index contributed by atoms with van der Waals surface area (Å²) in [7, 11) is 2.13. The average molecular weight is 344 g/mol. The van der Waals surface area contributed by atoms with Crippen LogP contribution in [0.3, 0.4) is 0 Å². The van der Waals surface area contributed by atoms with E-state index in [1.54, 1.807) is 0 Å². The molecule has 1 aliphatic heterocycles. The van der Waals surface area contributed by atoms with Crippen molar-refractivity contribution in [2.45, 2.75) is 41.4 Å². The number of aromatic nitrogens is 2. The molecule has 2 fully saturated rings. The predicted octanol–water partition coefficient (Wildman–Crippen LogP) is 3.21. The molecule has 24 heavy (non-hydrogen) atoms. The van der Waals surface area contributed by atoms with Crippen molar-refractivity contribution >= 4 is 11.8 Å². The van der Waals surface area contributed by atoms with Gasteiger partial charge in [0.2, 0.25) is 5.89 Å². The molecule has 1 saturated heterocycles. The van der Waals surface area contributed by atoms with Gasteiger partial charge in [0.15, 0.2) is 5.82 Å². The van der Waals surface area contributed by atoms with Crippen LogP contribution in [0.15, 0.2) is 39.8 Å². The monoisotopic (exact) mass is 344 g/mol. The highest BCUT2D eigenvalue weighted by atomic mass is 32.2. The summed E-state index contributed by atoms with van der Waals surface area (Å²) in [5, 5.41) is 7.76. The largest absolute Gasteiger partial charge is 0.338 e. The van der Waals surface area contributed by atoms with E-state index in [-0.39, 0.29) is 10.8 Å². The molecule has 1 aromatic heterocycles. The number of thioether (sulfide) groups is 1. The number of hydrogen-bond donors (Lipinski definition) is 1. The Bertz CT molecular complexity index is 669. The van der Waals surface area contributed by atoms with Crippen LogP contribution >= 0.6 is 11.8 Å². The van der Waals surface area contributed by atoms with E-state index in [2.05, 4.69) is 52.8 Å². The number of nitrogens with one attached hydrogen (secondary N) is 1. The summed E-state index contributed by atoms with van der Waals surface area (Å²) in [6.45, 7) is 2.91. The van der Waals surface area contributed by atoms with Gasteiger partial charge in [-0.15, -0.1) is 11.8 Å². The van der Waals surface area contributed by atoms with Gasteiger partial charge in [-0.25, -0.2) is 0 Å². The lowest BCUT2D eigenvalue weighted by Gasteiger charge is -2.30. The van der Waals surface area contributed by atoms with E-state index in [1.807, 2.05) is 11.8 Å². The molecule has 1 aromatic carbocycles. The fourth-order valence-electron chi connectivity index (χ4n) is 3.67. The van der Waals surface area contributed by atoms with Crippen LogP contribution in [-0.4, -0.2) is 41.7 Å². The summed E-state index contributed by atoms with van der Waals surface area (Å²) >= 11 is 1.89. The fourth-order valence-corrected chi connectivity index (χ4v) is 5.08. The molecule has 2 aromatic rings. The molecule has 6 heteroatoms. The van der Waals surface area contributed by atoms with Crippen molar-refractivity contribution in [1.82, 2.24) is 20.4 Å². The lowest BCUT2D eigenvalue weighted by atomic mass is 10.1. The summed E-state index contributed by atoms with van der Waals surface area (Å²) in [6.07, 6.45) is 4.66. The molecule has 0 spiro atoms. The Morgan fingerprint density at radius 1 is 1.25 bits per heavy atom. The number of benzene rings is 1. The lowest BCUT2D eigenvalue weighted by molar-refractivity contribution is 0.190. The molecular weight excluding hydrogens is 320 g/mol. The van der Waals surface area contributed by atoms with Gasteiger partial charge in [0.1, 0.15) is 0 Å². The SMILES string of the molecule is CN1CCNCC1c1noc(C2(Sc3ccccc3)CCCC2)n1. The first-order valence-electron chi connectivity index (χ1n) is 8.76. The van der Waals surface area contributed by atoms with Gasteiger partial charge >= 0.3 is 0 Å². The van der Waals surface area contributed by atoms with Crippen LogP contribution in [0.5, 0.6) is 0 Å². The molecule has 4 rings (SSSR count). The Kier molecular flexibility index (Phi) is 4.61. The summed E-state index contributed by atoms with van der Waals surface area (Å²) in [6, 6.07) is 10.8. The summed E-state index contributed by atoms with van der Waals surface area (Å²) < 4.78 is 5.73. The molecule has 1 aliphatic carbocycles. The van der Waals surface area contributed by atoms with Gasteiger partial charge in [0.05, 0.1) is 10.8 Å². The predicted molar refractivity (Wildman–Crippen MR) is 95.0 cm³/mol. The van der Waals surface area contributed by atoms with Crippen LogP contribution in [0.4, 0.5) is 0 Å². The Morgan fingerprint density at radius 3 is 2.79 bits per heavy atom. The van der Waals surface area contributed by atoms with E-state index >= 15 is 0 Å². The van der Waals surface area contributed by atoms with E-state index in [4.69, 9.17) is 9.51 Å². The zero-order valence-electron chi connectivity index (χ0n) is 14.1. The molecular formula is C18H24N4OS. The van der Waals surface area contributed by atoms with Crippen molar-refractivity contribution in [3.05, 3.63) is 42.0 Å². The first-order chi connectivity index (χ1) is 11.8. The summed E-state index contributed by atoms with van der Waals surface area (Å²) in [5.41, 5.74) is 0. The standard InChI is InChI=1S/C18H24N4OS/c1-22-12-11-19-13-15(22)16-20-17(23-21-16)18(9-5-6-10-18)24-14-7-3-2-4-8-14/h2-4,7-8,15,19H,5-6,9-13H2,1H3. The molecule has 1 N–H and O–H groups in total. The van der Waals surface area contributed by atoms with Crippen LogP contribution in [0.2, 0.25) is 0 Å². The second-order valence-corrected chi connectivity index (χ2v) is 8.23. The maximum atomic E-state index is 5.79. The maximum Gasteiger partial charge on any atom is 0.243 e. The molecule has 2 heterocycles. The normalized spacial score (nSPS) is 24.3. The van der Waals surface area contributed by atoms with Gasteiger partial charge in [0, 0.05) is 24.5 Å². The second-order valence-electron chi connectivity index (χ2n) is 6.77. The number of rotatable bonds is 4. The van der Waals surface area contributed by atoms with Gasteiger partial charge in [-0.2, -0.15) is 4.98 Å². The van der Waals surface area contributed by atoms with E-state index < -0.39 is 0 Å². The summed E-state index contributed by atoms with van der Waals surface area (Å²) in [5.74, 6) is 1.63. The zero-order valence-corrected chi connectivity index (χ0v) is 14.9. The van der Waals surface area contributed by atoms with Crippen molar-refractivity contribution in [2.24, 2.45) is 0 Å². The summed E-state index contributed by atoms with van der Waals surface area (Å²) in [4.78, 5) is 8.43. The highest BCUT2D eigenvalue weighted by Crippen LogP contribution is 2.52. The molecule has 5 nitrogen and oxygen atoms in total. The van der Waals surface area contributed by atoms with Crippen LogP contribution in [-0.2, 0) is 4.75 Å². The van der Waals surface area contributed by atoms with Gasteiger partial charge in [-0.1, -0.05) is 36.2 Å². The van der Waals surface area contributed by atoms with Crippen molar-refractivity contribution < 1.29 is 4.52 Å². The second kappa shape index (κ2) is 6.86. The minimum atomic E-state index is -0.0622. The molecule has 128 valence electrons. The van der Waals surface area contributed by atoms with E-state index in [9.17, 15) is 0 Å². The van der Waals surface area contributed by atoms with Crippen molar-refractivity contribution in [2.75, 3.05) is 26.7 Å². The van der Waals surface area contributed by atoms with Gasteiger partial charge < -0.3 is 9.84 Å². The molecule has 0 bridgehead atoms. The fraction of sp³-hybridized carbons (Fsp3) is 0.556. The van der Waals surface area contributed by atoms with Crippen LogP contribution in [0.25, 0.3) is 0 Å². The Labute approximate surface area is 147 Å². The van der Waals surface area contributed by atoms with Crippen molar-refractivity contribution in [1.29, 1.82) is 0 Å². The third-order valence-electron chi connectivity index (χ3n) is 5.11. The smallest absolute Gasteiger partial charge is 0.243 e. The van der Waals surface area contributed by atoms with E-state index in [0.717, 1.165) is 44.2 Å². The third-order valence-corrected chi connectivity index (χ3v) is 6.59. The van der Waals surface area contributed by atoms with Crippen LogP contribution in [0.1, 0.15) is 43.4 Å². The Balaban J connectivity index is 1.60. The quantitative estimate of drug-likeness (QED) is 0.919. The Hall–Kier alpha value is -1.37.